The Hall–Kier alpha value is -1.40. The molecule has 17 heavy (non-hydrogen) atoms. The SMILES string of the molecule is Cc1nc2sccn2c1CNC1CNC(=O)C1. The molecule has 1 unspecified atom stereocenters. The van der Waals surface area contributed by atoms with Gasteiger partial charge in [-0.25, -0.2) is 4.98 Å². The van der Waals surface area contributed by atoms with Crippen LogP contribution in [0.25, 0.3) is 4.96 Å². The molecule has 0 aliphatic carbocycles. The van der Waals surface area contributed by atoms with Gasteiger partial charge in [0.15, 0.2) is 4.96 Å². The fourth-order valence-corrected chi connectivity index (χ4v) is 2.92. The molecule has 1 aliphatic rings. The van der Waals surface area contributed by atoms with E-state index in [4.69, 9.17) is 0 Å². The van der Waals surface area contributed by atoms with Gasteiger partial charge in [0.2, 0.25) is 5.91 Å². The first-order chi connectivity index (χ1) is 8.24. The number of nitrogens with one attached hydrogen (secondary N) is 2. The first-order valence-corrected chi connectivity index (χ1v) is 6.53. The average Bonchev–Trinajstić information content (AvgIpc) is 2.93. The van der Waals surface area contributed by atoms with Gasteiger partial charge in [-0.2, -0.15) is 0 Å². The zero-order chi connectivity index (χ0) is 11.8. The molecule has 2 aromatic rings. The zero-order valence-corrected chi connectivity index (χ0v) is 10.4. The minimum atomic E-state index is 0.133. The second-order valence-electron chi connectivity index (χ2n) is 4.29. The van der Waals surface area contributed by atoms with Crippen molar-refractivity contribution in [2.45, 2.75) is 25.9 Å². The third-order valence-electron chi connectivity index (χ3n) is 3.10. The highest BCUT2D eigenvalue weighted by molar-refractivity contribution is 7.15. The molecule has 90 valence electrons. The minimum absolute atomic E-state index is 0.133. The van der Waals surface area contributed by atoms with E-state index in [2.05, 4.69) is 20.0 Å². The van der Waals surface area contributed by atoms with Gasteiger partial charge in [-0.15, -0.1) is 11.3 Å². The van der Waals surface area contributed by atoms with E-state index in [-0.39, 0.29) is 11.9 Å². The van der Waals surface area contributed by atoms with Crippen LogP contribution in [0.2, 0.25) is 0 Å². The number of thiazole rings is 1. The van der Waals surface area contributed by atoms with Crippen molar-refractivity contribution < 1.29 is 4.79 Å². The maximum Gasteiger partial charge on any atom is 0.221 e. The largest absolute Gasteiger partial charge is 0.354 e. The molecule has 1 atom stereocenters. The molecule has 0 spiro atoms. The van der Waals surface area contributed by atoms with Crippen molar-refractivity contribution in [3.8, 4) is 0 Å². The number of aromatic nitrogens is 2. The molecule has 5 nitrogen and oxygen atoms in total. The number of imidazole rings is 1. The van der Waals surface area contributed by atoms with Crippen molar-refractivity contribution in [2.24, 2.45) is 0 Å². The predicted molar refractivity (Wildman–Crippen MR) is 66.1 cm³/mol. The minimum Gasteiger partial charge on any atom is -0.354 e. The number of hydrogen-bond acceptors (Lipinski definition) is 4. The van der Waals surface area contributed by atoms with E-state index >= 15 is 0 Å². The lowest BCUT2D eigenvalue weighted by Crippen LogP contribution is -2.31. The standard InChI is InChI=1S/C11H14N4OS/c1-7-9(15-2-3-17-11(15)14-7)6-12-8-4-10(16)13-5-8/h2-3,8,12H,4-6H2,1H3,(H,13,16). The molecule has 1 amide bonds. The molecule has 0 bridgehead atoms. The highest BCUT2D eigenvalue weighted by atomic mass is 32.1. The lowest BCUT2D eigenvalue weighted by Gasteiger charge is -2.09. The second-order valence-corrected chi connectivity index (χ2v) is 5.16. The van der Waals surface area contributed by atoms with Crippen LogP contribution in [-0.4, -0.2) is 27.9 Å². The smallest absolute Gasteiger partial charge is 0.221 e. The molecule has 6 heteroatoms. The maximum atomic E-state index is 11.1. The topological polar surface area (TPSA) is 58.4 Å². The average molecular weight is 250 g/mol. The summed E-state index contributed by atoms with van der Waals surface area (Å²) in [4.78, 5) is 16.6. The van der Waals surface area contributed by atoms with Gasteiger partial charge in [0.1, 0.15) is 0 Å². The van der Waals surface area contributed by atoms with Crippen LogP contribution in [0.15, 0.2) is 11.6 Å². The summed E-state index contributed by atoms with van der Waals surface area (Å²) in [6.45, 7) is 3.50. The third-order valence-corrected chi connectivity index (χ3v) is 3.85. The Labute approximate surface area is 103 Å². The highest BCUT2D eigenvalue weighted by Crippen LogP contribution is 2.16. The van der Waals surface area contributed by atoms with Crippen molar-refractivity contribution in [2.75, 3.05) is 6.54 Å². The van der Waals surface area contributed by atoms with Gasteiger partial charge >= 0.3 is 0 Å². The zero-order valence-electron chi connectivity index (χ0n) is 9.56. The van der Waals surface area contributed by atoms with Gasteiger partial charge in [-0.05, 0) is 6.92 Å². The summed E-state index contributed by atoms with van der Waals surface area (Å²) in [6.07, 6.45) is 2.61. The Morgan fingerprint density at radius 1 is 1.71 bits per heavy atom. The Kier molecular flexibility index (Phi) is 2.60. The van der Waals surface area contributed by atoms with Crippen LogP contribution in [0.1, 0.15) is 17.8 Å². The first kappa shape index (κ1) is 10.7. The fraction of sp³-hybridized carbons (Fsp3) is 0.455. The highest BCUT2D eigenvalue weighted by Gasteiger charge is 2.21. The van der Waals surface area contributed by atoms with Gasteiger partial charge in [-0.3, -0.25) is 9.20 Å². The maximum absolute atomic E-state index is 11.1. The van der Waals surface area contributed by atoms with Crippen LogP contribution in [0.3, 0.4) is 0 Å². The van der Waals surface area contributed by atoms with Crippen LogP contribution in [0.5, 0.6) is 0 Å². The lowest BCUT2D eigenvalue weighted by molar-refractivity contribution is -0.119. The Morgan fingerprint density at radius 2 is 2.59 bits per heavy atom. The van der Waals surface area contributed by atoms with Gasteiger partial charge in [0.05, 0.1) is 11.4 Å². The monoisotopic (exact) mass is 250 g/mol. The lowest BCUT2D eigenvalue weighted by atomic mass is 10.2. The summed E-state index contributed by atoms with van der Waals surface area (Å²) in [5, 5.41) is 8.26. The van der Waals surface area contributed by atoms with Crippen molar-refractivity contribution >= 4 is 22.2 Å². The van der Waals surface area contributed by atoms with Gasteiger partial charge in [-0.1, -0.05) is 0 Å². The molecule has 1 fully saturated rings. The number of hydrogen-bond donors (Lipinski definition) is 2. The molecule has 0 aromatic carbocycles. The molecule has 0 radical (unpaired) electrons. The van der Waals surface area contributed by atoms with E-state index in [1.807, 2.05) is 18.5 Å². The Bertz CT molecular complexity index is 559. The summed E-state index contributed by atoms with van der Waals surface area (Å²) in [7, 11) is 0. The van der Waals surface area contributed by atoms with E-state index < -0.39 is 0 Å². The van der Waals surface area contributed by atoms with Crippen LogP contribution >= 0.6 is 11.3 Å². The molecule has 0 saturated carbocycles. The molecule has 1 aliphatic heterocycles. The second kappa shape index (κ2) is 4.12. The number of carbonyl (C=O) groups excluding carboxylic acids is 1. The number of carbonyl (C=O) groups is 1. The summed E-state index contributed by atoms with van der Waals surface area (Å²) in [5.41, 5.74) is 2.24. The number of aryl methyl sites for hydroxylation is 1. The predicted octanol–water partition coefficient (Wildman–Crippen LogP) is 0.682. The molecule has 2 aromatic heterocycles. The third kappa shape index (κ3) is 1.94. The van der Waals surface area contributed by atoms with Crippen molar-refractivity contribution in [3.05, 3.63) is 23.0 Å². The van der Waals surface area contributed by atoms with Gasteiger partial charge in [0, 0.05) is 37.1 Å². The Balaban J connectivity index is 1.74. The van der Waals surface area contributed by atoms with Gasteiger partial charge in [0.25, 0.3) is 0 Å². The number of rotatable bonds is 3. The molecular weight excluding hydrogens is 236 g/mol. The number of nitrogens with zero attached hydrogens (tertiary/aromatic N) is 2. The fourth-order valence-electron chi connectivity index (χ4n) is 2.14. The van der Waals surface area contributed by atoms with E-state index in [1.165, 1.54) is 5.69 Å². The normalized spacial score (nSPS) is 20.1. The summed E-state index contributed by atoms with van der Waals surface area (Å²) in [5.74, 6) is 0.133. The first-order valence-electron chi connectivity index (χ1n) is 5.65. The van der Waals surface area contributed by atoms with E-state index in [1.54, 1.807) is 11.3 Å². The van der Waals surface area contributed by atoms with Crippen molar-refractivity contribution in [1.82, 2.24) is 20.0 Å². The van der Waals surface area contributed by atoms with Crippen molar-refractivity contribution in [1.29, 1.82) is 0 Å². The molecular formula is C11H14N4OS. The summed E-state index contributed by atoms with van der Waals surface area (Å²) in [6, 6.07) is 0.242. The molecule has 2 N–H and O–H groups in total. The molecule has 1 saturated heterocycles. The van der Waals surface area contributed by atoms with Crippen LogP contribution in [-0.2, 0) is 11.3 Å². The Morgan fingerprint density at radius 3 is 3.35 bits per heavy atom. The van der Waals surface area contributed by atoms with Crippen molar-refractivity contribution in [3.63, 3.8) is 0 Å². The van der Waals surface area contributed by atoms with Crippen LogP contribution in [0.4, 0.5) is 0 Å². The molecule has 3 rings (SSSR count). The van der Waals surface area contributed by atoms with E-state index in [0.717, 1.165) is 23.7 Å². The summed E-state index contributed by atoms with van der Waals surface area (Å²) < 4.78 is 2.11. The number of amides is 1. The number of fused-ring (bicyclic) bond motifs is 1. The van der Waals surface area contributed by atoms with E-state index in [9.17, 15) is 4.79 Å². The van der Waals surface area contributed by atoms with Crippen LogP contribution in [0, 0.1) is 6.92 Å². The van der Waals surface area contributed by atoms with E-state index in [0.29, 0.717) is 6.42 Å². The molecule has 3 heterocycles. The van der Waals surface area contributed by atoms with Crippen LogP contribution < -0.4 is 10.6 Å². The quantitative estimate of drug-likeness (QED) is 0.842. The summed E-state index contributed by atoms with van der Waals surface area (Å²) >= 11 is 1.64. The van der Waals surface area contributed by atoms with Gasteiger partial charge < -0.3 is 10.6 Å².